The van der Waals surface area contributed by atoms with E-state index in [9.17, 15) is 13.2 Å². The summed E-state index contributed by atoms with van der Waals surface area (Å²) in [6.07, 6.45) is 1.30. The minimum Gasteiger partial charge on any atom is -0.351 e. The minimum absolute atomic E-state index is 0.0452. The number of sulfone groups is 1. The van der Waals surface area contributed by atoms with Gasteiger partial charge in [0, 0.05) is 18.5 Å². The largest absolute Gasteiger partial charge is 0.351 e. The van der Waals surface area contributed by atoms with Crippen molar-refractivity contribution in [2.45, 2.75) is 6.92 Å². The summed E-state index contributed by atoms with van der Waals surface area (Å²) in [6.45, 7) is 1.60. The fraction of sp³-hybridized carbons (Fsp3) is 0.400. The van der Waals surface area contributed by atoms with E-state index in [1.165, 1.54) is 12.3 Å². The number of pyridine rings is 1. The van der Waals surface area contributed by atoms with Crippen molar-refractivity contribution in [3.8, 4) is 0 Å². The first kappa shape index (κ1) is 15.7. The molecule has 1 aromatic rings. The lowest BCUT2D eigenvalue weighted by Gasteiger charge is -2.07. The summed E-state index contributed by atoms with van der Waals surface area (Å²) in [5.41, 5.74) is 2.51. The molecule has 0 saturated heterocycles. The van der Waals surface area contributed by atoms with Gasteiger partial charge >= 0.3 is 0 Å². The summed E-state index contributed by atoms with van der Waals surface area (Å²) in [7, 11) is -3.10. The molecule has 1 amide bonds. The number of anilines is 1. The summed E-state index contributed by atoms with van der Waals surface area (Å²) < 4.78 is 22.5. The molecule has 7 nitrogen and oxygen atoms in total. The Bertz CT molecular complexity index is 562. The highest BCUT2D eigenvalue weighted by atomic mass is 35.5. The molecule has 0 saturated carbocycles. The lowest BCUT2D eigenvalue weighted by molar-refractivity contribution is 0.0956. The van der Waals surface area contributed by atoms with Crippen molar-refractivity contribution in [1.29, 1.82) is 0 Å². The molecule has 1 rings (SSSR count). The predicted octanol–water partition coefficient (Wildman–Crippen LogP) is 0.185. The van der Waals surface area contributed by atoms with E-state index < -0.39 is 15.7 Å². The third-order valence-electron chi connectivity index (χ3n) is 2.38. The quantitative estimate of drug-likeness (QED) is 0.510. The number of rotatable bonds is 6. The average molecular weight is 307 g/mol. The molecule has 9 heteroatoms. The van der Waals surface area contributed by atoms with Gasteiger partial charge in [-0.1, -0.05) is 18.5 Å². The first-order valence-electron chi connectivity index (χ1n) is 5.50. The second-order valence-corrected chi connectivity index (χ2v) is 6.57. The number of halogens is 1. The maximum atomic E-state index is 11.7. The van der Waals surface area contributed by atoms with E-state index in [0.717, 1.165) is 0 Å². The van der Waals surface area contributed by atoms with Gasteiger partial charge in [-0.15, -0.1) is 0 Å². The molecule has 0 aliphatic rings. The van der Waals surface area contributed by atoms with Crippen LogP contribution in [0.4, 0.5) is 5.82 Å². The lowest BCUT2D eigenvalue weighted by Crippen LogP contribution is -2.29. The average Bonchev–Trinajstić information content (AvgIpc) is 2.38. The number of hydrazine groups is 1. The van der Waals surface area contributed by atoms with Crippen LogP contribution in [0.1, 0.15) is 17.3 Å². The Balaban J connectivity index is 2.62. The van der Waals surface area contributed by atoms with Crippen LogP contribution in [0.25, 0.3) is 0 Å². The minimum atomic E-state index is -3.10. The van der Waals surface area contributed by atoms with Crippen LogP contribution in [0.5, 0.6) is 0 Å². The molecule has 0 spiro atoms. The second-order valence-electron chi connectivity index (χ2n) is 3.69. The van der Waals surface area contributed by atoms with Crippen molar-refractivity contribution in [3.63, 3.8) is 0 Å². The third-order valence-corrected chi connectivity index (χ3v) is 4.37. The second kappa shape index (κ2) is 6.69. The van der Waals surface area contributed by atoms with Gasteiger partial charge in [-0.2, -0.15) is 0 Å². The van der Waals surface area contributed by atoms with Crippen molar-refractivity contribution in [1.82, 2.24) is 10.3 Å². The van der Waals surface area contributed by atoms with E-state index >= 15 is 0 Å². The topological polar surface area (TPSA) is 114 Å². The van der Waals surface area contributed by atoms with Gasteiger partial charge in [-0.3, -0.25) is 4.79 Å². The molecule has 0 fully saturated rings. The molecule has 0 atom stereocenters. The Morgan fingerprint density at radius 1 is 1.53 bits per heavy atom. The van der Waals surface area contributed by atoms with Crippen molar-refractivity contribution < 1.29 is 13.2 Å². The van der Waals surface area contributed by atoms with Gasteiger partial charge in [0.25, 0.3) is 5.91 Å². The van der Waals surface area contributed by atoms with E-state index in [2.05, 4.69) is 15.7 Å². The number of amides is 1. The van der Waals surface area contributed by atoms with Crippen molar-refractivity contribution in [2.24, 2.45) is 5.84 Å². The smallest absolute Gasteiger partial charge is 0.252 e. The van der Waals surface area contributed by atoms with Crippen LogP contribution in [0, 0.1) is 0 Å². The zero-order valence-corrected chi connectivity index (χ0v) is 11.9. The van der Waals surface area contributed by atoms with Gasteiger partial charge in [0.2, 0.25) is 0 Å². The van der Waals surface area contributed by atoms with Gasteiger partial charge in [0.1, 0.15) is 0 Å². The first-order valence-corrected chi connectivity index (χ1v) is 7.70. The number of nitrogens with one attached hydrogen (secondary N) is 2. The van der Waals surface area contributed by atoms with Gasteiger partial charge in [0.15, 0.2) is 15.7 Å². The summed E-state index contributed by atoms with van der Waals surface area (Å²) >= 11 is 5.82. The SMILES string of the molecule is CCS(=O)(=O)CCNC(=O)c1cnc(NN)c(Cl)c1. The van der Waals surface area contributed by atoms with E-state index in [1.807, 2.05) is 0 Å². The number of carbonyl (C=O) groups is 1. The normalized spacial score (nSPS) is 11.1. The lowest BCUT2D eigenvalue weighted by atomic mass is 10.2. The summed E-state index contributed by atoms with van der Waals surface area (Å²) in [6, 6.07) is 1.40. The van der Waals surface area contributed by atoms with Gasteiger partial charge < -0.3 is 10.7 Å². The highest BCUT2D eigenvalue weighted by molar-refractivity contribution is 7.91. The highest BCUT2D eigenvalue weighted by Crippen LogP contribution is 2.18. The maximum absolute atomic E-state index is 11.7. The van der Waals surface area contributed by atoms with Crippen LogP contribution in [-0.2, 0) is 9.84 Å². The van der Waals surface area contributed by atoms with Crippen molar-refractivity contribution in [2.75, 3.05) is 23.5 Å². The van der Waals surface area contributed by atoms with Crippen molar-refractivity contribution >= 4 is 33.2 Å². The maximum Gasteiger partial charge on any atom is 0.252 e. The molecule has 0 aliphatic carbocycles. The molecule has 0 radical (unpaired) electrons. The molecule has 0 unspecified atom stereocenters. The number of nitrogens with zero attached hydrogens (tertiary/aromatic N) is 1. The molecule has 106 valence electrons. The van der Waals surface area contributed by atoms with Gasteiger partial charge in [0.05, 0.1) is 16.3 Å². The molecule has 4 N–H and O–H groups in total. The first-order chi connectivity index (χ1) is 8.89. The zero-order valence-electron chi connectivity index (χ0n) is 10.3. The molecule has 0 aromatic carbocycles. The molecule has 1 heterocycles. The monoisotopic (exact) mass is 306 g/mol. The van der Waals surface area contributed by atoms with Crippen LogP contribution in [0.15, 0.2) is 12.3 Å². The Morgan fingerprint density at radius 3 is 2.74 bits per heavy atom. The van der Waals surface area contributed by atoms with Crippen LogP contribution < -0.4 is 16.6 Å². The zero-order chi connectivity index (χ0) is 14.5. The number of nitrogens with two attached hydrogens (primary N) is 1. The molecule has 0 aliphatic heterocycles. The Hall–Kier alpha value is -1.38. The van der Waals surface area contributed by atoms with E-state index in [1.54, 1.807) is 6.92 Å². The van der Waals surface area contributed by atoms with Crippen LogP contribution >= 0.6 is 11.6 Å². The van der Waals surface area contributed by atoms with Crippen molar-refractivity contribution in [3.05, 3.63) is 22.8 Å². The van der Waals surface area contributed by atoms with Crippen LogP contribution in [0.3, 0.4) is 0 Å². The fourth-order valence-electron chi connectivity index (χ4n) is 1.23. The van der Waals surface area contributed by atoms with Gasteiger partial charge in [-0.05, 0) is 6.07 Å². The Morgan fingerprint density at radius 2 is 2.21 bits per heavy atom. The molecular formula is C10H15ClN4O3S. The predicted molar refractivity (Wildman–Crippen MR) is 73.7 cm³/mol. The Labute approximate surface area is 116 Å². The summed E-state index contributed by atoms with van der Waals surface area (Å²) in [4.78, 5) is 15.6. The summed E-state index contributed by atoms with van der Waals surface area (Å²) in [5, 5.41) is 2.69. The van der Waals surface area contributed by atoms with E-state index in [0.29, 0.717) is 0 Å². The van der Waals surface area contributed by atoms with E-state index in [4.69, 9.17) is 17.4 Å². The van der Waals surface area contributed by atoms with Crippen LogP contribution in [0.2, 0.25) is 5.02 Å². The van der Waals surface area contributed by atoms with Crippen LogP contribution in [-0.4, -0.2) is 37.4 Å². The standard InChI is InChI=1S/C10H15ClN4O3S/c1-2-19(17,18)4-3-13-10(16)7-5-8(11)9(15-12)14-6-7/h5-6H,2-4,12H2,1H3,(H,13,16)(H,14,15). The number of hydrogen-bond donors (Lipinski definition) is 3. The number of nitrogen functional groups attached to an aromatic ring is 1. The number of aromatic nitrogens is 1. The fourth-order valence-corrected chi connectivity index (χ4v) is 2.16. The molecule has 0 bridgehead atoms. The molecule has 19 heavy (non-hydrogen) atoms. The highest BCUT2D eigenvalue weighted by Gasteiger charge is 2.11. The molecular weight excluding hydrogens is 292 g/mol. The Kier molecular flexibility index (Phi) is 5.52. The van der Waals surface area contributed by atoms with E-state index in [-0.39, 0.29) is 34.5 Å². The summed E-state index contributed by atoms with van der Waals surface area (Å²) in [5.74, 6) is 4.92. The molecule has 1 aromatic heterocycles. The third kappa shape index (κ3) is 4.66. The van der Waals surface area contributed by atoms with Gasteiger partial charge in [-0.25, -0.2) is 19.2 Å². The number of carbonyl (C=O) groups excluding carboxylic acids is 1. The number of hydrogen-bond acceptors (Lipinski definition) is 6.